The van der Waals surface area contributed by atoms with Gasteiger partial charge in [0.05, 0.1) is 5.02 Å². The summed E-state index contributed by atoms with van der Waals surface area (Å²) in [5, 5.41) is 8.31. The summed E-state index contributed by atoms with van der Waals surface area (Å²) in [4.78, 5) is 11.5. The number of rotatable bonds is 4. The summed E-state index contributed by atoms with van der Waals surface area (Å²) in [6.45, 7) is -0.523. The lowest BCUT2D eigenvalue weighted by Gasteiger charge is -2.07. The fourth-order valence-electron chi connectivity index (χ4n) is 1.28. The first kappa shape index (κ1) is 16.4. The van der Waals surface area contributed by atoms with Crippen molar-refractivity contribution in [3.8, 4) is 5.75 Å². The van der Waals surface area contributed by atoms with E-state index in [0.29, 0.717) is 5.02 Å². The van der Waals surface area contributed by atoms with Crippen LogP contribution in [0.4, 0.5) is 19.2 Å². The van der Waals surface area contributed by atoms with Gasteiger partial charge in [-0.15, -0.1) is 5.10 Å². The largest absolute Gasteiger partial charge is 0.482 e. The number of alkyl halides is 3. The molecule has 6 nitrogen and oxygen atoms in total. The van der Waals surface area contributed by atoms with Gasteiger partial charge in [-0.3, -0.25) is 10.1 Å². The third-order valence-electron chi connectivity index (χ3n) is 2.17. The van der Waals surface area contributed by atoms with Crippen LogP contribution in [0.1, 0.15) is 5.89 Å². The molecule has 0 aliphatic carbocycles. The summed E-state index contributed by atoms with van der Waals surface area (Å²) in [7, 11) is 0. The van der Waals surface area contributed by atoms with Gasteiger partial charge in [0.1, 0.15) is 5.75 Å². The average molecular weight is 356 g/mol. The first-order valence-electron chi connectivity index (χ1n) is 5.54. The Morgan fingerprint density at radius 2 is 2.05 bits per heavy atom. The van der Waals surface area contributed by atoms with Crippen molar-refractivity contribution >= 4 is 35.1 Å². The normalized spacial score (nSPS) is 11.3. The van der Waals surface area contributed by atoms with Crippen molar-refractivity contribution in [3.05, 3.63) is 34.1 Å². The second-order valence-corrected chi connectivity index (χ2v) is 4.67. The van der Waals surface area contributed by atoms with E-state index in [1.165, 1.54) is 18.2 Å². The molecule has 118 valence electrons. The van der Waals surface area contributed by atoms with Gasteiger partial charge >= 0.3 is 18.1 Å². The highest BCUT2D eigenvalue weighted by atomic mass is 35.5. The maximum Gasteiger partial charge on any atom is 0.470 e. The summed E-state index contributed by atoms with van der Waals surface area (Å²) in [6, 6.07) is 3.65. The SMILES string of the molecule is O=C(COc1ccc(Cl)cc1Cl)Nc1nnc(C(F)(F)F)o1. The quantitative estimate of drug-likeness (QED) is 0.909. The van der Waals surface area contributed by atoms with E-state index < -0.39 is 30.6 Å². The molecule has 0 unspecified atom stereocenters. The lowest BCUT2D eigenvalue weighted by molar-refractivity contribution is -0.157. The van der Waals surface area contributed by atoms with Gasteiger partial charge in [0.2, 0.25) is 0 Å². The minimum absolute atomic E-state index is 0.178. The molecule has 0 radical (unpaired) electrons. The molecule has 0 bridgehead atoms. The first-order chi connectivity index (χ1) is 10.3. The molecule has 1 heterocycles. The number of carbonyl (C=O) groups excluding carboxylic acids is 1. The Bertz CT molecular complexity index is 691. The summed E-state index contributed by atoms with van der Waals surface area (Å²) in [5.74, 6) is -2.18. The Morgan fingerprint density at radius 1 is 1.32 bits per heavy atom. The van der Waals surface area contributed by atoms with Crippen molar-refractivity contribution in [2.75, 3.05) is 11.9 Å². The van der Waals surface area contributed by atoms with Gasteiger partial charge in [-0.2, -0.15) is 13.2 Å². The highest BCUT2D eigenvalue weighted by Crippen LogP contribution is 2.29. The molecule has 2 aromatic rings. The molecule has 1 aromatic carbocycles. The predicted molar refractivity (Wildman–Crippen MR) is 69.9 cm³/mol. The van der Waals surface area contributed by atoms with Crippen LogP contribution < -0.4 is 10.1 Å². The maximum absolute atomic E-state index is 12.2. The summed E-state index contributed by atoms with van der Waals surface area (Å²) in [5.41, 5.74) is 0. The number of nitrogens with zero attached hydrogens (tertiary/aromatic N) is 2. The number of nitrogens with one attached hydrogen (secondary N) is 1. The third-order valence-corrected chi connectivity index (χ3v) is 2.70. The van der Waals surface area contributed by atoms with Crippen LogP contribution in [0.2, 0.25) is 10.0 Å². The molecular weight excluding hydrogens is 350 g/mol. The monoisotopic (exact) mass is 355 g/mol. The zero-order chi connectivity index (χ0) is 16.3. The number of halogens is 5. The molecule has 0 fully saturated rings. The summed E-state index contributed by atoms with van der Waals surface area (Å²) in [6.07, 6.45) is -4.79. The number of hydrogen-bond acceptors (Lipinski definition) is 5. The lowest BCUT2D eigenvalue weighted by atomic mass is 10.3. The van der Waals surface area contributed by atoms with Gasteiger partial charge < -0.3 is 9.15 Å². The fraction of sp³-hybridized carbons (Fsp3) is 0.182. The van der Waals surface area contributed by atoms with E-state index in [1.54, 1.807) is 0 Å². The highest BCUT2D eigenvalue weighted by molar-refractivity contribution is 6.35. The molecule has 0 saturated heterocycles. The number of carbonyl (C=O) groups is 1. The number of ether oxygens (including phenoxy) is 1. The number of anilines is 1. The second-order valence-electron chi connectivity index (χ2n) is 3.82. The van der Waals surface area contributed by atoms with E-state index in [-0.39, 0.29) is 10.8 Å². The Morgan fingerprint density at radius 3 is 2.64 bits per heavy atom. The van der Waals surface area contributed by atoms with Crippen molar-refractivity contribution in [2.45, 2.75) is 6.18 Å². The van der Waals surface area contributed by atoms with Crippen molar-refractivity contribution < 1.29 is 27.1 Å². The zero-order valence-electron chi connectivity index (χ0n) is 10.4. The van der Waals surface area contributed by atoms with Crippen molar-refractivity contribution in [1.29, 1.82) is 0 Å². The highest BCUT2D eigenvalue weighted by Gasteiger charge is 2.38. The molecule has 0 aliphatic heterocycles. The Labute approximate surface area is 131 Å². The number of hydrogen-bond donors (Lipinski definition) is 1. The van der Waals surface area contributed by atoms with E-state index in [4.69, 9.17) is 27.9 Å². The van der Waals surface area contributed by atoms with Gasteiger partial charge in [0.25, 0.3) is 5.91 Å². The zero-order valence-corrected chi connectivity index (χ0v) is 12.0. The van der Waals surface area contributed by atoms with E-state index >= 15 is 0 Å². The van der Waals surface area contributed by atoms with E-state index in [0.717, 1.165) is 0 Å². The Hall–Kier alpha value is -2.00. The Kier molecular flexibility index (Phi) is 4.77. The van der Waals surface area contributed by atoms with Crippen molar-refractivity contribution in [1.82, 2.24) is 10.2 Å². The van der Waals surface area contributed by atoms with Crippen molar-refractivity contribution in [3.63, 3.8) is 0 Å². The summed E-state index contributed by atoms with van der Waals surface area (Å²) >= 11 is 11.5. The van der Waals surface area contributed by atoms with Crippen LogP contribution in [0.3, 0.4) is 0 Å². The van der Waals surface area contributed by atoms with Crippen LogP contribution in [0.5, 0.6) is 5.75 Å². The Balaban J connectivity index is 1.92. The minimum Gasteiger partial charge on any atom is -0.482 e. The van der Waals surface area contributed by atoms with E-state index in [1.807, 2.05) is 5.32 Å². The fourth-order valence-corrected chi connectivity index (χ4v) is 1.74. The van der Waals surface area contributed by atoms with Crippen LogP contribution in [-0.2, 0) is 11.0 Å². The standard InChI is InChI=1S/C11H6Cl2F3N3O3/c12-5-1-2-7(6(13)3-5)21-4-8(20)17-10-19-18-9(22-10)11(14,15)16/h1-3H,4H2,(H,17,19,20). The molecule has 11 heteroatoms. The second kappa shape index (κ2) is 6.41. The van der Waals surface area contributed by atoms with E-state index in [2.05, 4.69) is 14.6 Å². The van der Waals surface area contributed by atoms with Crippen molar-refractivity contribution in [2.24, 2.45) is 0 Å². The van der Waals surface area contributed by atoms with Crippen LogP contribution in [0.15, 0.2) is 22.6 Å². The third kappa shape index (κ3) is 4.25. The van der Waals surface area contributed by atoms with Gasteiger partial charge in [0.15, 0.2) is 6.61 Å². The molecule has 0 saturated carbocycles. The maximum atomic E-state index is 12.2. The molecule has 0 spiro atoms. The molecule has 1 N–H and O–H groups in total. The number of aromatic nitrogens is 2. The first-order valence-corrected chi connectivity index (χ1v) is 6.29. The van der Waals surface area contributed by atoms with Gasteiger partial charge in [0, 0.05) is 5.02 Å². The van der Waals surface area contributed by atoms with E-state index in [9.17, 15) is 18.0 Å². The predicted octanol–water partition coefficient (Wildman–Crippen LogP) is 3.41. The molecule has 1 aromatic heterocycles. The topological polar surface area (TPSA) is 77.2 Å². The molecule has 0 aliphatic rings. The molecule has 2 rings (SSSR count). The molecule has 22 heavy (non-hydrogen) atoms. The molecule has 1 amide bonds. The van der Waals surface area contributed by atoms with Crippen LogP contribution in [0.25, 0.3) is 0 Å². The average Bonchev–Trinajstić information content (AvgIpc) is 2.86. The smallest absolute Gasteiger partial charge is 0.470 e. The van der Waals surface area contributed by atoms with Gasteiger partial charge in [-0.1, -0.05) is 28.3 Å². The van der Waals surface area contributed by atoms with Crippen LogP contribution in [-0.4, -0.2) is 22.7 Å². The minimum atomic E-state index is -4.79. The van der Waals surface area contributed by atoms with Gasteiger partial charge in [-0.25, -0.2) is 0 Å². The molecular formula is C11H6Cl2F3N3O3. The molecule has 0 atom stereocenters. The lowest BCUT2D eigenvalue weighted by Crippen LogP contribution is -2.20. The number of benzene rings is 1. The van der Waals surface area contributed by atoms with Crippen LogP contribution in [0, 0.1) is 0 Å². The number of amides is 1. The van der Waals surface area contributed by atoms with Crippen LogP contribution >= 0.6 is 23.2 Å². The van der Waals surface area contributed by atoms with Gasteiger partial charge in [-0.05, 0) is 18.2 Å². The summed E-state index contributed by atoms with van der Waals surface area (Å²) < 4.78 is 46.0.